The summed E-state index contributed by atoms with van der Waals surface area (Å²) in [5.41, 5.74) is 11.2. The van der Waals surface area contributed by atoms with Gasteiger partial charge < -0.3 is 19.9 Å². The first-order valence-corrected chi connectivity index (χ1v) is 14.1. The number of hydrogen-bond donors (Lipinski definition) is 1. The van der Waals surface area contributed by atoms with Gasteiger partial charge in [-0.1, -0.05) is 63.8 Å². The molecule has 0 aromatic heterocycles. The van der Waals surface area contributed by atoms with E-state index >= 15 is 0 Å². The van der Waals surface area contributed by atoms with Gasteiger partial charge in [0, 0.05) is 5.92 Å². The number of nitrogens with two attached hydrogens (primary N) is 1. The van der Waals surface area contributed by atoms with E-state index < -0.39 is 0 Å². The fraction of sp³-hybridized carbons (Fsp3) is 0.424. The lowest BCUT2D eigenvalue weighted by Crippen LogP contribution is -2.23. The summed E-state index contributed by atoms with van der Waals surface area (Å²) in [6.07, 6.45) is 11.8. The fourth-order valence-corrected chi connectivity index (χ4v) is 5.12. The zero-order valence-corrected chi connectivity index (χ0v) is 22.8. The number of unbranched alkanes of at least 4 members (excludes halogenated alkanes) is 4. The van der Waals surface area contributed by atoms with Gasteiger partial charge in [0.2, 0.25) is 5.88 Å². The van der Waals surface area contributed by atoms with Gasteiger partial charge in [0.15, 0.2) is 0 Å². The first-order chi connectivity index (χ1) is 18.6. The van der Waals surface area contributed by atoms with Crippen LogP contribution in [-0.2, 0) is 4.74 Å². The van der Waals surface area contributed by atoms with Gasteiger partial charge in [-0.2, -0.15) is 5.26 Å². The average molecular weight is 513 g/mol. The molecule has 2 aliphatic rings. The number of allylic oxidation sites excluding steroid dienone is 3. The zero-order chi connectivity index (χ0) is 26.7. The van der Waals surface area contributed by atoms with Crippen molar-refractivity contribution in [2.24, 2.45) is 5.73 Å². The monoisotopic (exact) mass is 512 g/mol. The molecule has 0 radical (unpaired) electrons. The normalized spacial score (nSPS) is 18.1. The molecule has 0 bridgehead atoms. The molecule has 5 heteroatoms. The van der Waals surface area contributed by atoms with Gasteiger partial charge in [-0.05, 0) is 84.7 Å². The maximum absolute atomic E-state index is 9.98. The van der Waals surface area contributed by atoms with Gasteiger partial charge in [0.1, 0.15) is 28.9 Å². The van der Waals surface area contributed by atoms with Crippen molar-refractivity contribution in [1.82, 2.24) is 0 Å². The van der Waals surface area contributed by atoms with Crippen molar-refractivity contribution in [3.8, 4) is 17.6 Å². The molecule has 1 aliphatic heterocycles. The molecule has 0 fully saturated rings. The molecular formula is C33H40N2O3. The van der Waals surface area contributed by atoms with Crippen molar-refractivity contribution in [2.75, 3.05) is 13.2 Å². The van der Waals surface area contributed by atoms with Crippen LogP contribution in [0.3, 0.4) is 0 Å². The van der Waals surface area contributed by atoms with E-state index in [-0.39, 0.29) is 11.8 Å². The Kier molecular flexibility index (Phi) is 9.92. The SMILES string of the molecule is CCCCCOc1ccc(/C=C2\CCCC3=C2OC(N)=C(C#N)[C@H]3c2ccc(OCCCCC)cc2)cc1. The largest absolute Gasteiger partial charge is 0.494 e. The summed E-state index contributed by atoms with van der Waals surface area (Å²) in [7, 11) is 0. The molecule has 0 unspecified atom stereocenters. The number of nitrogens with zero attached hydrogens (tertiary/aromatic N) is 1. The van der Waals surface area contributed by atoms with Gasteiger partial charge in [0.05, 0.1) is 13.2 Å². The van der Waals surface area contributed by atoms with E-state index in [2.05, 4.69) is 50.3 Å². The van der Waals surface area contributed by atoms with E-state index in [4.69, 9.17) is 19.9 Å². The Balaban J connectivity index is 1.55. The highest BCUT2D eigenvalue weighted by Gasteiger charge is 2.35. The first kappa shape index (κ1) is 27.4. The van der Waals surface area contributed by atoms with Crippen LogP contribution in [0.15, 0.2) is 76.9 Å². The van der Waals surface area contributed by atoms with E-state index in [9.17, 15) is 5.26 Å². The van der Waals surface area contributed by atoms with Crippen LogP contribution in [0.25, 0.3) is 6.08 Å². The van der Waals surface area contributed by atoms with E-state index in [0.717, 1.165) is 84.8 Å². The Morgan fingerprint density at radius 1 is 0.895 bits per heavy atom. The molecule has 0 saturated carbocycles. The van der Waals surface area contributed by atoms with Crippen LogP contribution in [0.4, 0.5) is 0 Å². The molecule has 200 valence electrons. The summed E-state index contributed by atoms with van der Waals surface area (Å²) in [6.45, 7) is 5.84. The van der Waals surface area contributed by atoms with Gasteiger partial charge in [0.25, 0.3) is 0 Å². The predicted molar refractivity (Wildman–Crippen MR) is 152 cm³/mol. The van der Waals surface area contributed by atoms with Gasteiger partial charge in [-0.3, -0.25) is 0 Å². The molecule has 0 amide bonds. The Morgan fingerprint density at radius 2 is 1.50 bits per heavy atom. The second kappa shape index (κ2) is 13.8. The molecule has 2 N–H and O–H groups in total. The van der Waals surface area contributed by atoms with Crippen LogP contribution >= 0.6 is 0 Å². The van der Waals surface area contributed by atoms with Gasteiger partial charge in [-0.25, -0.2) is 0 Å². The van der Waals surface area contributed by atoms with Crippen molar-refractivity contribution in [3.05, 3.63) is 88.0 Å². The van der Waals surface area contributed by atoms with Crippen molar-refractivity contribution >= 4 is 6.08 Å². The smallest absolute Gasteiger partial charge is 0.205 e. The summed E-state index contributed by atoms with van der Waals surface area (Å²) in [5.74, 6) is 2.55. The molecule has 5 nitrogen and oxygen atoms in total. The summed E-state index contributed by atoms with van der Waals surface area (Å²) in [6, 6.07) is 18.6. The van der Waals surface area contributed by atoms with Gasteiger partial charge in [-0.15, -0.1) is 0 Å². The lowest BCUT2D eigenvalue weighted by molar-refractivity contribution is 0.277. The molecule has 1 atom stereocenters. The van der Waals surface area contributed by atoms with E-state index in [1.54, 1.807) is 0 Å². The molecule has 2 aromatic rings. The highest BCUT2D eigenvalue weighted by Crippen LogP contribution is 2.47. The van der Waals surface area contributed by atoms with Crippen molar-refractivity contribution in [1.29, 1.82) is 5.26 Å². The average Bonchev–Trinajstić information content (AvgIpc) is 2.94. The molecule has 2 aromatic carbocycles. The minimum absolute atomic E-state index is 0.194. The molecule has 38 heavy (non-hydrogen) atoms. The number of benzene rings is 2. The van der Waals surface area contributed by atoms with Crippen LogP contribution in [0.1, 0.15) is 88.7 Å². The number of nitriles is 1. The second-order valence-corrected chi connectivity index (χ2v) is 10.1. The molecule has 0 spiro atoms. The summed E-state index contributed by atoms with van der Waals surface area (Å²) < 4.78 is 17.9. The number of rotatable bonds is 12. The quantitative estimate of drug-likeness (QED) is 0.290. The van der Waals surface area contributed by atoms with Gasteiger partial charge >= 0.3 is 0 Å². The van der Waals surface area contributed by atoms with Crippen LogP contribution in [0.5, 0.6) is 11.5 Å². The summed E-state index contributed by atoms with van der Waals surface area (Å²) in [4.78, 5) is 0. The third kappa shape index (κ3) is 6.81. The third-order valence-electron chi connectivity index (χ3n) is 7.18. The Morgan fingerprint density at radius 3 is 2.08 bits per heavy atom. The lowest BCUT2D eigenvalue weighted by Gasteiger charge is -2.33. The molecular weight excluding hydrogens is 472 g/mol. The van der Waals surface area contributed by atoms with E-state index in [0.29, 0.717) is 5.57 Å². The Bertz CT molecular complexity index is 1200. The minimum Gasteiger partial charge on any atom is -0.494 e. The summed E-state index contributed by atoms with van der Waals surface area (Å²) >= 11 is 0. The fourth-order valence-electron chi connectivity index (χ4n) is 5.12. The molecule has 4 rings (SSSR count). The standard InChI is InChI=1S/C33H40N2O3/c1-3-5-7-20-36-27-16-12-24(13-17-27)22-26-10-9-11-29-31(30(23-34)33(35)38-32(26)29)25-14-18-28(19-15-25)37-21-8-6-4-2/h12-19,22,31H,3-11,20-21,35H2,1-2H3/b26-22+/t31-/m0/s1. The third-order valence-corrected chi connectivity index (χ3v) is 7.18. The topological polar surface area (TPSA) is 77.5 Å². The molecule has 1 aliphatic carbocycles. The highest BCUT2D eigenvalue weighted by atomic mass is 16.5. The Labute approximate surface area is 227 Å². The van der Waals surface area contributed by atoms with E-state index in [1.165, 1.54) is 25.7 Å². The maximum atomic E-state index is 9.98. The van der Waals surface area contributed by atoms with Crippen molar-refractivity contribution in [3.63, 3.8) is 0 Å². The van der Waals surface area contributed by atoms with Crippen LogP contribution < -0.4 is 15.2 Å². The lowest BCUT2D eigenvalue weighted by atomic mass is 9.77. The second-order valence-electron chi connectivity index (χ2n) is 10.1. The minimum atomic E-state index is -0.208. The first-order valence-electron chi connectivity index (χ1n) is 14.1. The number of hydrogen-bond acceptors (Lipinski definition) is 5. The maximum Gasteiger partial charge on any atom is 0.205 e. The predicted octanol–water partition coefficient (Wildman–Crippen LogP) is 8.15. The molecule has 0 saturated heterocycles. The van der Waals surface area contributed by atoms with Crippen LogP contribution in [-0.4, -0.2) is 13.2 Å². The van der Waals surface area contributed by atoms with E-state index in [1.807, 2.05) is 24.3 Å². The molecule has 1 heterocycles. The van der Waals surface area contributed by atoms with Crippen molar-refractivity contribution < 1.29 is 14.2 Å². The zero-order valence-electron chi connectivity index (χ0n) is 22.8. The number of ether oxygens (including phenoxy) is 3. The Hall–Kier alpha value is -3.65. The van der Waals surface area contributed by atoms with Crippen LogP contribution in [0, 0.1) is 11.3 Å². The van der Waals surface area contributed by atoms with Crippen molar-refractivity contribution in [2.45, 2.75) is 77.6 Å². The summed E-state index contributed by atoms with van der Waals surface area (Å²) in [5, 5.41) is 9.98. The highest BCUT2D eigenvalue weighted by molar-refractivity contribution is 5.62. The van der Waals surface area contributed by atoms with Crippen LogP contribution in [0.2, 0.25) is 0 Å².